The zero-order valence-electron chi connectivity index (χ0n) is 10.4. The van der Waals surface area contributed by atoms with E-state index in [2.05, 4.69) is 17.5 Å². The van der Waals surface area contributed by atoms with Gasteiger partial charge in [0.25, 0.3) is 0 Å². The lowest BCUT2D eigenvalue weighted by molar-refractivity contribution is 0.0697. The first-order valence-electron chi connectivity index (χ1n) is 6.42. The van der Waals surface area contributed by atoms with Crippen LogP contribution in [0.4, 0.5) is 5.69 Å². The fourth-order valence-corrected chi connectivity index (χ4v) is 2.99. The summed E-state index contributed by atoms with van der Waals surface area (Å²) < 4.78 is 0. The number of allylic oxidation sites excluding steroid dienone is 1. The molecule has 3 heteroatoms. The summed E-state index contributed by atoms with van der Waals surface area (Å²) in [5, 5.41) is 12.5. The second-order valence-electron chi connectivity index (χ2n) is 5.32. The molecule has 1 aromatic rings. The molecule has 1 fully saturated rings. The van der Waals surface area contributed by atoms with Crippen molar-refractivity contribution in [1.29, 1.82) is 0 Å². The standard InChI is InChI=1S/C15H17NO2/c1-9-5-6-11(15(17)18)8-13(9)16-14-7-10-3-2-4-12(10)14/h2,4-6,8,10,12,14,16H,3,7H2,1H3,(H,17,18). The first kappa shape index (κ1) is 11.3. The maximum absolute atomic E-state index is 11.0. The van der Waals surface area contributed by atoms with Gasteiger partial charge in [0.05, 0.1) is 5.56 Å². The highest BCUT2D eigenvalue weighted by atomic mass is 16.4. The molecule has 2 aliphatic rings. The number of carboxylic acids is 1. The Labute approximate surface area is 107 Å². The number of hydrogen-bond acceptors (Lipinski definition) is 2. The van der Waals surface area contributed by atoms with E-state index in [1.807, 2.05) is 13.0 Å². The molecule has 0 aromatic heterocycles. The summed E-state index contributed by atoms with van der Waals surface area (Å²) in [5.74, 6) is 0.577. The summed E-state index contributed by atoms with van der Waals surface area (Å²) in [5.41, 5.74) is 2.41. The van der Waals surface area contributed by atoms with Crippen LogP contribution >= 0.6 is 0 Å². The van der Waals surface area contributed by atoms with Crippen molar-refractivity contribution in [2.75, 3.05) is 5.32 Å². The highest BCUT2D eigenvalue weighted by molar-refractivity contribution is 5.89. The van der Waals surface area contributed by atoms with E-state index in [1.54, 1.807) is 12.1 Å². The number of hydrogen-bond donors (Lipinski definition) is 2. The molecule has 0 saturated heterocycles. The van der Waals surface area contributed by atoms with E-state index < -0.39 is 5.97 Å². The number of carbonyl (C=O) groups is 1. The predicted octanol–water partition coefficient (Wildman–Crippen LogP) is 3.07. The van der Waals surface area contributed by atoms with Crippen LogP contribution in [0.25, 0.3) is 0 Å². The van der Waals surface area contributed by atoms with Crippen molar-refractivity contribution in [3.05, 3.63) is 41.5 Å². The molecule has 3 nitrogen and oxygen atoms in total. The van der Waals surface area contributed by atoms with Gasteiger partial charge in [-0.1, -0.05) is 18.2 Å². The Morgan fingerprint density at radius 2 is 2.28 bits per heavy atom. The van der Waals surface area contributed by atoms with Gasteiger partial charge in [-0.2, -0.15) is 0 Å². The van der Waals surface area contributed by atoms with Crippen molar-refractivity contribution in [1.82, 2.24) is 0 Å². The van der Waals surface area contributed by atoms with Gasteiger partial charge in [-0.25, -0.2) is 4.79 Å². The quantitative estimate of drug-likeness (QED) is 0.802. The normalized spacial score (nSPS) is 28.6. The molecule has 18 heavy (non-hydrogen) atoms. The number of aromatic carboxylic acids is 1. The molecule has 3 rings (SSSR count). The van der Waals surface area contributed by atoms with Gasteiger partial charge in [0.2, 0.25) is 0 Å². The summed E-state index contributed by atoms with van der Waals surface area (Å²) in [6.45, 7) is 2.01. The maximum Gasteiger partial charge on any atom is 0.335 e. The van der Waals surface area contributed by atoms with Crippen molar-refractivity contribution in [3.63, 3.8) is 0 Å². The van der Waals surface area contributed by atoms with Crippen LogP contribution in [-0.2, 0) is 0 Å². The third-order valence-corrected chi connectivity index (χ3v) is 4.19. The molecular weight excluding hydrogens is 226 g/mol. The second-order valence-corrected chi connectivity index (χ2v) is 5.32. The highest BCUT2D eigenvalue weighted by Crippen LogP contribution is 2.44. The van der Waals surface area contributed by atoms with Gasteiger partial charge in [0.1, 0.15) is 0 Å². The average Bonchev–Trinajstić information content (AvgIpc) is 2.69. The average molecular weight is 243 g/mol. The number of anilines is 1. The molecule has 0 bridgehead atoms. The van der Waals surface area contributed by atoms with Gasteiger partial charge in [0.15, 0.2) is 0 Å². The minimum Gasteiger partial charge on any atom is -0.478 e. The van der Waals surface area contributed by atoms with Crippen LogP contribution in [0.2, 0.25) is 0 Å². The fraction of sp³-hybridized carbons (Fsp3) is 0.400. The van der Waals surface area contributed by atoms with Crippen LogP contribution in [0.15, 0.2) is 30.4 Å². The third kappa shape index (κ3) is 1.80. The van der Waals surface area contributed by atoms with Crippen LogP contribution in [0, 0.1) is 18.8 Å². The van der Waals surface area contributed by atoms with Gasteiger partial charge < -0.3 is 10.4 Å². The summed E-state index contributed by atoms with van der Waals surface area (Å²) in [7, 11) is 0. The minimum absolute atomic E-state index is 0.348. The molecule has 94 valence electrons. The maximum atomic E-state index is 11.0. The summed E-state index contributed by atoms with van der Waals surface area (Å²) in [4.78, 5) is 11.0. The first-order chi connectivity index (χ1) is 8.65. The Hall–Kier alpha value is -1.77. The van der Waals surface area contributed by atoms with E-state index in [0.717, 1.165) is 17.2 Å². The molecule has 0 radical (unpaired) electrons. The van der Waals surface area contributed by atoms with Crippen LogP contribution in [0.1, 0.15) is 28.8 Å². The molecule has 2 N–H and O–H groups in total. The largest absolute Gasteiger partial charge is 0.478 e. The van der Waals surface area contributed by atoms with Gasteiger partial charge in [-0.3, -0.25) is 0 Å². The minimum atomic E-state index is -0.870. The number of fused-ring (bicyclic) bond motifs is 1. The number of aryl methyl sites for hydroxylation is 1. The number of nitrogens with one attached hydrogen (secondary N) is 1. The molecule has 3 unspecified atom stereocenters. The smallest absolute Gasteiger partial charge is 0.335 e. The van der Waals surface area contributed by atoms with E-state index in [9.17, 15) is 4.79 Å². The van der Waals surface area contributed by atoms with Crippen molar-refractivity contribution >= 4 is 11.7 Å². The Balaban J connectivity index is 1.78. The molecule has 2 aliphatic carbocycles. The van der Waals surface area contributed by atoms with Gasteiger partial charge in [-0.15, -0.1) is 0 Å². The highest BCUT2D eigenvalue weighted by Gasteiger charge is 2.40. The van der Waals surface area contributed by atoms with E-state index in [1.165, 1.54) is 12.8 Å². The van der Waals surface area contributed by atoms with Crippen molar-refractivity contribution in [3.8, 4) is 0 Å². The Kier molecular flexibility index (Phi) is 2.62. The van der Waals surface area contributed by atoms with Crippen molar-refractivity contribution in [2.45, 2.75) is 25.8 Å². The number of benzene rings is 1. The van der Waals surface area contributed by atoms with Gasteiger partial charge in [-0.05, 0) is 43.4 Å². The van der Waals surface area contributed by atoms with E-state index in [-0.39, 0.29) is 0 Å². The molecule has 0 amide bonds. The number of rotatable bonds is 3. The monoisotopic (exact) mass is 243 g/mol. The Morgan fingerprint density at radius 3 is 3.00 bits per heavy atom. The SMILES string of the molecule is Cc1ccc(C(=O)O)cc1NC1CC2CC=CC21. The zero-order chi connectivity index (χ0) is 12.7. The summed E-state index contributed by atoms with van der Waals surface area (Å²) in [6, 6.07) is 5.73. The van der Waals surface area contributed by atoms with Crippen LogP contribution < -0.4 is 5.32 Å². The number of carboxylic acid groups (broad SMARTS) is 1. The molecule has 1 saturated carbocycles. The van der Waals surface area contributed by atoms with Crippen LogP contribution in [-0.4, -0.2) is 17.1 Å². The molecule has 0 aliphatic heterocycles. The summed E-state index contributed by atoms with van der Waals surface area (Å²) >= 11 is 0. The summed E-state index contributed by atoms with van der Waals surface area (Å²) in [6.07, 6.45) is 6.95. The topological polar surface area (TPSA) is 49.3 Å². The first-order valence-corrected chi connectivity index (χ1v) is 6.42. The van der Waals surface area contributed by atoms with Gasteiger partial charge in [0, 0.05) is 17.6 Å². The molecular formula is C15H17NO2. The molecule has 1 aromatic carbocycles. The second kappa shape index (κ2) is 4.16. The van der Waals surface area contributed by atoms with Crippen molar-refractivity contribution in [2.24, 2.45) is 11.8 Å². The molecule has 3 atom stereocenters. The van der Waals surface area contributed by atoms with Gasteiger partial charge >= 0.3 is 5.97 Å². The fourth-order valence-electron chi connectivity index (χ4n) is 2.99. The third-order valence-electron chi connectivity index (χ3n) is 4.19. The van der Waals surface area contributed by atoms with E-state index in [4.69, 9.17) is 5.11 Å². The molecule has 0 heterocycles. The van der Waals surface area contributed by atoms with Crippen LogP contribution in [0.3, 0.4) is 0 Å². The zero-order valence-corrected chi connectivity index (χ0v) is 10.4. The lowest BCUT2D eigenvalue weighted by atomic mass is 9.71. The predicted molar refractivity (Wildman–Crippen MR) is 70.9 cm³/mol. The lowest BCUT2D eigenvalue weighted by Gasteiger charge is -2.41. The van der Waals surface area contributed by atoms with Crippen molar-refractivity contribution < 1.29 is 9.90 Å². The molecule has 0 spiro atoms. The van der Waals surface area contributed by atoms with Crippen LogP contribution in [0.5, 0.6) is 0 Å². The Morgan fingerprint density at radius 1 is 1.44 bits per heavy atom. The van der Waals surface area contributed by atoms with E-state index >= 15 is 0 Å². The van der Waals surface area contributed by atoms with E-state index in [0.29, 0.717) is 17.5 Å². The Bertz CT molecular complexity index is 521. The lowest BCUT2D eigenvalue weighted by Crippen LogP contribution is -2.43.